The third-order valence-electron chi connectivity index (χ3n) is 4.71. The zero-order valence-electron chi connectivity index (χ0n) is 15.4. The minimum atomic E-state index is -0.321. The Morgan fingerprint density at radius 3 is 2.50 bits per heavy atom. The van der Waals surface area contributed by atoms with Crippen LogP contribution in [-0.4, -0.2) is 18.2 Å². The fourth-order valence-electron chi connectivity index (χ4n) is 3.19. The van der Waals surface area contributed by atoms with E-state index >= 15 is 0 Å². The smallest absolute Gasteiger partial charge is 0.252 e. The normalized spacial score (nSPS) is 14.6. The molecular formula is C22H20FN3OS. The molecule has 1 aliphatic rings. The number of carbonyl (C=O) groups is 1. The maximum atomic E-state index is 13.3. The van der Waals surface area contributed by atoms with Crippen LogP contribution < -0.4 is 10.3 Å². The molecule has 0 saturated heterocycles. The van der Waals surface area contributed by atoms with Gasteiger partial charge in [0.05, 0.1) is 11.7 Å². The lowest BCUT2D eigenvalue weighted by Crippen LogP contribution is -2.28. The van der Waals surface area contributed by atoms with Crippen molar-refractivity contribution >= 4 is 28.6 Å². The predicted octanol–water partition coefficient (Wildman–Crippen LogP) is 4.99. The summed E-state index contributed by atoms with van der Waals surface area (Å²) >= 11 is 1.56. The summed E-state index contributed by atoms with van der Waals surface area (Å²) in [4.78, 5) is 13.9. The zero-order valence-corrected chi connectivity index (χ0v) is 16.2. The number of nitrogens with zero attached hydrogens (tertiary/aromatic N) is 2. The highest BCUT2D eigenvalue weighted by atomic mass is 32.1. The van der Waals surface area contributed by atoms with Gasteiger partial charge in [0.15, 0.2) is 0 Å². The number of hydrazone groups is 1. The molecule has 142 valence electrons. The molecule has 6 heteroatoms. The molecule has 0 fully saturated rings. The molecule has 0 spiro atoms. The highest BCUT2D eigenvalue weighted by molar-refractivity contribution is 7.10. The topological polar surface area (TPSA) is 44.7 Å². The van der Waals surface area contributed by atoms with E-state index in [0.717, 1.165) is 34.8 Å². The minimum absolute atomic E-state index is 0.171. The Labute approximate surface area is 167 Å². The van der Waals surface area contributed by atoms with Crippen LogP contribution in [0, 0.1) is 5.82 Å². The van der Waals surface area contributed by atoms with Gasteiger partial charge in [-0.3, -0.25) is 9.80 Å². The Bertz CT molecular complexity index is 982. The number of anilines is 1. The van der Waals surface area contributed by atoms with Crippen LogP contribution in [0.25, 0.3) is 0 Å². The predicted molar refractivity (Wildman–Crippen MR) is 112 cm³/mol. The van der Waals surface area contributed by atoms with Gasteiger partial charge in [0.25, 0.3) is 5.91 Å². The molecule has 3 aromatic rings. The van der Waals surface area contributed by atoms with Crippen LogP contribution in [0.15, 0.2) is 71.1 Å². The van der Waals surface area contributed by atoms with E-state index in [1.54, 1.807) is 23.5 Å². The van der Waals surface area contributed by atoms with Gasteiger partial charge in [-0.2, -0.15) is 5.10 Å². The summed E-state index contributed by atoms with van der Waals surface area (Å²) in [7, 11) is 0. The second-order valence-corrected chi connectivity index (χ2v) is 7.71. The van der Waals surface area contributed by atoms with E-state index in [4.69, 9.17) is 0 Å². The van der Waals surface area contributed by atoms with E-state index in [9.17, 15) is 9.18 Å². The molecule has 0 bridgehead atoms. The van der Waals surface area contributed by atoms with Crippen molar-refractivity contribution in [2.45, 2.75) is 19.4 Å². The molecule has 0 unspecified atom stereocenters. The van der Waals surface area contributed by atoms with E-state index in [0.29, 0.717) is 5.56 Å². The molecule has 0 saturated carbocycles. The lowest BCUT2D eigenvalue weighted by atomic mass is 10.0. The Hall–Kier alpha value is -2.99. The van der Waals surface area contributed by atoms with Crippen LogP contribution >= 0.6 is 11.3 Å². The van der Waals surface area contributed by atoms with E-state index in [1.165, 1.54) is 12.1 Å². The van der Waals surface area contributed by atoms with Crippen molar-refractivity contribution in [3.05, 3.63) is 87.9 Å². The largest absolute Gasteiger partial charge is 0.340 e. The molecule has 4 rings (SSSR count). The number of amides is 1. The van der Waals surface area contributed by atoms with E-state index in [2.05, 4.69) is 10.4 Å². The quantitative estimate of drug-likeness (QED) is 0.663. The first kappa shape index (κ1) is 18.4. The summed E-state index contributed by atoms with van der Waals surface area (Å²) in [5.41, 5.74) is 3.50. The summed E-state index contributed by atoms with van der Waals surface area (Å²) in [6.07, 6.45) is 0.961. The molecule has 1 aromatic heterocycles. The van der Waals surface area contributed by atoms with Crippen LogP contribution in [0.1, 0.15) is 40.2 Å². The van der Waals surface area contributed by atoms with Crippen LogP contribution in [0.4, 0.5) is 10.1 Å². The van der Waals surface area contributed by atoms with Crippen molar-refractivity contribution in [3.8, 4) is 0 Å². The van der Waals surface area contributed by atoms with Crippen LogP contribution in [0.5, 0.6) is 0 Å². The highest BCUT2D eigenvalue weighted by Crippen LogP contribution is 2.27. The summed E-state index contributed by atoms with van der Waals surface area (Å²) in [6, 6.07) is 17.3. The Morgan fingerprint density at radius 1 is 1.14 bits per heavy atom. The number of thiophene rings is 1. The van der Waals surface area contributed by atoms with Gasteiger partial charge >= 0.3 is 0 Å². The van der Waals surface area contributed by atoms with Crippen molar-refractivity contribution in [3.63, 3.8) is 0 Å². The Morgan fingerprint density at radius 2 is 1.89 bits per heavy atom. The lowest BCUT2D eigenvalue weighted by Gasteiger charge is -2.19. The van der Waals surface area contributed by atoms with Crippen LogP contribution in [-0.2, 0) is 0 Å². The van der Waals surface area contributed by atoms with Gasteiger partial charge < -0.3 is 5.32 Å². The van der Waals surface area contributed by atoms with Gasteiger partial charge in [0.1, 0.15) is 5.82 Å². The summed E-state index contributed by atoms with van der Waals surface area (Å²) in [5, 5.41) is 11.5. The third-order valence-corrected chi connectivity index (χ3v) is 5.65. The molecule has 0 radical (unpaired) electrons. The first-order chi connectivity index (χ1) is 13.6. The maximum absolute atomic E-state index is 13.3. The molecular weight excluding hydrogens is 373 g/mol. The van der Waals surface area contributed by atoms with Crippen molar-refractivity contribution in [2.75, 3.05) is 11.6 Å². The molecule has 2 heterocycles. The molecule has 1 aliphatic heterocycles. The number of hydrogen-bond donors (Lipinski definition) is 1. The number of nitrogens with one attached hydrogen (secondary N) is 1. The van der Waals surface area contributed by atoms with Crippen LogP contribution in [0.2, 0.25) is 0 Å². The Balaban J connectivity index is 1.54. The summed E-state index contributed by atoms with van der Waals surface area (Å²) in [6.45, 7) is 2.88. The Kier molecular flexibility index (Phi) is 5.21. The summed E-state index contributed by atoms with van der Waals surface area (Å²) in [5.74, 6) is -0.467. The second-order valence-electron chi connectivity index (χ2n) is 6.73. The lowest BCUT2D eigenvalue weighted by molar-refractivity contribution is 0.0943. The first-order valence-electron chi connectivity index (χ1n) is 9.11. The maximum Gasteiger partial charge on any atom is 0.252 e. The monoisotopic (exact) mass is 393 g/mol. The standard InChI is InChI=1S/C22H20FN3OS/c1-15-12-13-26(25-15)19-10-6-17(7-11-19)22(27)24-21(20-3-2-14-28-20)16-4-8-18(23)9-5-16/h2-11,14,21H,12-13H2,1H3,(H,24,27)/t21-/m1/s1. The number of benzene rings is 2. The highest BCUT2D eigenvalue weighted by Gasteiger charge is 2.19. The molecule has 28 heavy (non-hydrogen) atoms. The first-order valence-corrected chi connectivity index (χ1v) is 9.99. The third kappa shape index (κ3) is 3.97. The molecule has 4 nitrogen and oxygen atoms in total. The van der Waals surface area contributed by atoms with Crippen LogP contribution in [0.3, 0.4) is 0 Å². The van der Waals surface area contributed by atoms with E-state index in [1.807, 2.05) is 53.7 Å². The van der Waals surface area contributed by atoms with Gasteiger partial charge in [-0.05, 0) is 60.3 Å². The van der Waals surface area contributed by atoms with Crippen molar-refractivity contribution in [2.24, 2.45) is 5.10 Å². The average Bonchev–Trinajstić information content (AvgIpc) is 3.39. The van der Waals surface area contributed by atoms with Crippen molar-refractivity contribution in [1.82, 2.24) is 5.32 Å². The van der Waals surface area contributed by atoms with Gasteiger partial charge in [-0.1, -0.05) is 18.2 Å². The van der Waals surface area contributed by atoms with Crippen molar-refractivity contribution in [1.29, 1.82) is 0 Å². The molecule has 1 N–H and O–H groups in total. The minimum Gasteiger partial charge on any atom is -0.340 e. The van der Waals surface area contributed by atoms with Gasteiger partial charge in [-0.25, -0.2) is 4.39 Å². The van der Waals surface area contributed by atoms with Gasteiger partial charge in [-0.15, -0.1) is 11.3 Å². The zero-order chi connectivity index (χ0) is 19.5. The number of rotatable bonds is 5. The SMILES string of the molecule is CC1=NN(c2ccc(C(=O)N[C@H](c3ccc(F)cc3)c3cccs3)cc2)CC1. The summed E-state index contributed by atoms with van der Waals surface area (Å²) < 4.78 is 13.3. The molecule has 1 amide bonds. The fraction of sp³-hybridized carbons (Fsp3) is 0.182. The average molecular weight is 393 g/mol. The number of carbonyl (C=O) groups excluding carboxylic acids is 1. The van der Waals surface area contributed by atoms with Gasteiger partial charge in [0, 0.05) is 29.1 Å². The van der Waals surface area contributed by atoms with Gasteiger partial charge in [0.2, 0.25) is 0 Å². The fourth-order valence-corrected chi connectivity index (χ4v) is 3.99. The van der Waals surface area contributed by atoms with Crippen molar-refractivity contribution < 1.29 is 9.18 Å². The molecule has 1 atom stereocenters. The van der Waals surface area contributed by atoms with E-state index in [-0.39, 0.29) is 17.8 Å². The molecule has 0 aliphatic carbocycles. The second kappa shape index (κ2) is 7.94. The number of hydrogen-bond acceptors (Lipinski definition) is 4. The number of halogens is 1. The molecule has 2 aromatic carbocycles. The van der Waals surface area contributed by atoms with E-state index < -0.39 is 0 Å².